The van der Waals surface area contributed by atoms with Crippen LogP contribution in [0.15, 0.2) is 70.4 Å². The predicted octanol–water partition coefficient (Wildman–Crippen LogP) is 4.74. The van der Waals surface area contributed by atoms with Crippen LogP contribution >= 0.6 is 11.6 Å². The van der Waals surface area contributed by atoms with E-state index >= 15 is 0 Å². The highest BCUT2D eigenvalue weighted by molar-refractivity contribution is 6.40. The zero-order valence-corrected chi connectivity index (χ0v) is 19.6. The number of halogens is 1. The topological polar surface area (TPSA) is 101 Å². The van der Waals surface area contributed by atoms with Gasteiger partial charge in [0.2, 0.25) is 0 Å². The lowest BCUT2D eigenvalue weighted by Crippen LogP contribution is -2.32. The largest absolute Gasteiger partial charge is 0.506 e. The average molecular weight is 467 g/mol. The van der Waals surface area contributed by atoms with Crippen LogP contribution in [0.1, 0.15) is 30.9 Å². The number of nitrogen functional groups attached to an aromatic ring is 1. The number of carbonyl (C=O) groups is 1. The number of aliphatic imine (C=N–C) groups is 2. The number of nitrogens with two attached hydrogens (primary N) is 1. The lowest BCUT2D eigenvalue weighted by Gasteiger charge is -2.18. The van der Waals surface area contributed by atoms with Crippen LogP contribution in [-0.2, 0) is 11.3 Å². The average Bonchev–Trinajstić information content (AvgIpc) is 2.81. The van der Waals surface area contributed by atoms with Crippen molar-refractivity contribution in [2.75, 3.05) is 19.8 Å². The van der Waals surface area contributed by atoms with Gasteiger partial charge < -0.3 is 20.5 Å². The van der Waals surface area contributed by atoms with Gasteiger partial charge in [-0.25, -0.2) is 4.99 Å². The fraction of sp³-hybridized carbons (Fsp3) is 0.240. The predicted molar refractivity (Wildman–Crippen MR) is 133 cm³/mol. The van der Waals surface area contributed by atoms with Gasteiger partial charge in [-0.2, -0.15) is 0 Å². The van der Waals surface area contributed by atoms with Gasteiger partial charge in [-0.15, -0.1) is 0 Å². The van der Waals surface area contributed by atoms with Crippen molar-refractivity contribution in [1.29, 1.82) is 0 Å². The van der Waals surface area contributed by atoms with Crippen molar-refractivity contribution in [1.82, 2.24) is 4.90 Å². The summed E-state index contributed by atoms with van der Waals surface area (Å²) in [5, 5.41) is 10.1. The lowest BCUT2D eigenvalue weighted by molar-refractivity contribution is -0.123. The number of carbonyl (C=O) groups excluding carboxylic acids is 1. The number of allylic oxidation sites excluding steroid dienone is 3. The van der Waals surface area contributed by atoms with Gasteiger partial charge in [0.25, 0.3) is 5.91 Å². The van der Waals surface area contributed by atoms with Crippen LogP contribution in [0.25, 0.3) is 0 Å². The second kappa shape index (κ2) is 10.8. The molecule has 172 valence electrons. The van der Waals surface area contributed by atoms with E-state index < -0.39 is 0 Å². The molecule has 3 N–H and O–H groups in total. The zero-order valence-electron chi connectivity index (χ0n) is 18.9. The van der Waals surface area contributed by atoms with E-state index in [1.807, 2.05) is 30.3 Å². The van der Waals surface area contributed by atoms with E-state index in [2.05, 4.69) is 22.1 Å². The van der Waals surface area contributed by atoms with Crippen LogP contribution in [0.4, 0.5) is 5.69 Å². The van der Waals surface area contributed by atoms with Crippen molar-refractivity contribution in [3.8, 4) is 11.5 Å². The molecule has 0 bridgehead atoms. The molecule has 0 unspecified atom stereocenters. The number of aromatic hydroxyl groups is 1. The van der Waals surface area contributed by atoms with Gasteiger partial charge in [0.15, 0.2) is 5.84 Å². The second-order valence-corrected chi connectivity index (χ2v) is 8.04. The van der Waals surface area contributed by atoms with Crippen molar-refractivity contribution in [3.63, 3.8) is 0 Å². The number of rotatable bonds is 6. The Morgan fingerprint density at radius 3 is 2.58 bits per heavy atom. The van der Waals surface area contributed by atoms with Gasteiger partial charge in [0, 0.05) is 26.2 Å². The summed E-state index contributed by atoms with van der Waals surface area (Å²) in [6.07, 6.45) is 8.15. The number of ether oxygens (including phenoxy) is 1. The normalized spacial score (nSPS) is 14.1. The lowest BCUT2D eigenvalue weighted by atomic mass is 10.1. The first-order valence-electron chi connectivity index (χ1n) is 10.5. The summed E-state index contributed by atoms with van der Waals surface area (Å²) in [7, 11) is 3.25. The van der Waals surface area contributed by atoms with Crippen molar-refractivity contribution >= 4 is 34.7 Å². The Balaban J connectivity index is 1.66. The fourth-order valence-corrected chi connectivity index (χ4v) is 3.48. The molecule has 0 aliphatic heterocycles. The molecule has 3 rings (SSSR count). The SMILES string of the molecule is CN=C(N=C(C)C(=O)N(C)Cc1ccc(OC2=CCCC=C2)cc1)c1cc(O)c(N)c(Cl)c1. The summed E-state index contributed by atoms with van der Waals surface area (Å²) < 4.78 is 5.85. The first-order chi connectivity index (χ1) is 15.8. The summed E-state index contributed by atoms with van der Waals surface area (Å²) in [6.45, 7) is 2.02. The molecule has 2 aromatic rings. The van der Waals surface area contributed by atoms with Crippen LogP contribution in [0.3, 0.4) is 0 Å². The van der Waals surface area contributed by atoms with E-state index in [0.717, 1.165) is 29.9 Å². The number of anilines is 1. The Labute approximate surface area is 198 Å². The third-order valence-corrected chi connectivity index (χ3v) is 5.36. The Hall–Kier alpha value is -3.58. The molecule has 0 saturated heterocycles. The minimum atomic E-state index is -0.250. The van der Waals surface area contributed by atoms with Gasteiger partial charge in [0.05, 0.1) is 10.7 Å². The molecule has 0 radical (unpaired) electrons. The van der Waals surface area contributed by atoms with E-state index in [9.17, 15) is 9.90 Å². The second-order valence-electron chi connectivity index (χ2n) is 7.63. The maximum Gasteiger partial charge on any atom is 0.268 e. The van der Waals surface area contributed by atoms with Crippen molar-refractivity contribution in [3.05, 3.63) is 76.5 Å². The fourth-order valence-electron chi connectivity index (χ4n) is 3.27. The summed E-state index contributed by atoms with van der Waals surface area (Å²) in [5.41, 5.74) is 7.43. The molecule has 0 aromatic heterocycles. The number of hydrogen-bond acceptors (Lipinski definition) is 5. The minimum absolute atomic E-state index is 0.0794. The highest BCUT2D eigenvalue weighted by atomic mass is 35.5. The van der Waals surface area contributed by atoms with Crippen molar-refractivity contribution in [2.24, 2.45) is 9.98 Å². The third kappa shape index (κ3) is 6.23. The van der Waals surface area contributed by atoms with Gasteiger partial charge in [0.1, 0.15) is 23.0 Å². The van der Waals surface area contributed by atoms with Crippen molar-refractivity contribution < 1.29 is 14.6 Å². The summed E-state index contributed by atoms with van der Waals surface area (Å²) in [5.74, 6) is 1.44. The Morgan fingerprint density at radius 1 is 1.24 bits per heavy atom. The molecule has 0 saturated carbocycles. The molecule has 2 aromatic carbocycles. The van der Waals surface area contributed by atoms with E-state index in [1.54, 1.807) is 32.0 Å². The van der Waals surface area contributed by atoms with E-state index in [0.29, 0.717) is 12.1 Å². The maximum absolute atomic E-state index is 12.9. The standard InChI is InChI=1S/C25H27ClN4O3/c1-16(29-24(28-2)18-13-21(26)23(27)22(31)14-18)25(32)30(3)15-17-9-11-20(12-10-17)33-19-7-5-4-6-8-19/h5,7-14,31H,4,6,15,27H2,1-3H3. The van der Waals surface area contributed by atoms with Crippen LogP contribution in [0, 0.1) is 0 Å². The molecule has 0 atom stereocenters. The molecule has 0 fully saturated rings. The first-order valence-corrected chi connectivity index (χ1v) is 10.9. The Kier molecular flexibility index (Phi) is 7.90. The Morgan fingerprint density at radius 2 is 1.97 bits per heavy atom. The van der Waals surface area contributed by atoms with Gasteiger partial charge >= 0.3 is 0 Å². The van der Waals surface area contributed by atoms with Crippen LogP contribution in [-0.4, -0.2) is 41.6 Å². The maximum atomic E-state index is 12.9. The monoisotopic (exact) mass is 466 g/mol. The molecule has 0 heterocycles. The van der Waals surface area contributed by atoms with Crippen LogP contribution in [0.2, 0.25) is 5.02 Å². The number of amides is 1. The van der Waals surface area contributed by atoms with Gasteiger partial charge in [-0.1, -0.05) is 29.8 Å². The smallest absolute Gasteiger partial charge is 0.268 e. The number of nitrogens with zero attached hydrogens (tertiary/aromatic N) is 3. The number of phenols is 1. The molecule has 1 amide bonds. The molecule has 33 heavy (non-hydrogen) atoms. The third-order valence-electron chi connectivity index (χ3n) is 5.05. The van der Waals surface area contributed by atoms with Gasteiger partial charge in [-0.05, 0) is 61.7 Å². The molecule has 8 heteroatoms. The first kappa shape index (κ1) is 24.1. The van der Waals surface area contributed by atoms with E-state index in [-0.39, 0.29) is 33.9 Å². The minimum Gasteiger partial charge on any atom is -0.506 e. The zero-order chi connectivity index (χ0) is 24.0. The van der Waals surface area contributed by atoms with Gasteiger partial charge in [-0.3, -0.25) is 9.79 Å². The summed E-state index contributed by atoms with van der Waals surface area (Å²) >= 11 is 6.05. The highest BCUT2D eigenvalue weighted by Gasteiger charge is 2.16. The summed E-state index contributed by atoms with van der Waals surface area (Å²) in [4.78, 5) is 22.9. The molecule has 1 aliphatic rings. The molecular formula is C25H27ClN4O3. The number of amidine groups is 1. The molecule has 0 spiro atoms. The molecule has 1 aliphatic carbocycles. The molecular weight excluding hydrogens is 440 g/mol. The van der Waals surface area contributed by atoms with E-state index in [4.69, 9.17) is 22.1 Å². The number of hydrogen-bond donors (Lipinski definition) is 2. The van der Waals surface area contributed by atoms with Crippen LogP contribution in [0.5, 0.6) is 11.5 Å². The molecule has 7 nitrogen and oxygen atoms in total. The summed E-state index contributed by atoms with van der Waals surface area (Å²) in [6, 6.07) is 10.6. The number of phenolic OH excluding ortho intramolecular Hbond substituents is 1. The van der Waals surface area contributed by atoms with Crippen LogP contribution < -0.4 is 10.5 Å². The highest BCUT2D eigenvalue weighted by Crippen LogP contribution is 2.30. The van der Waals surface area contributed by atoms with Crippen molar-refractivity contribution in [2.45, 2.75) is 26.3 Å². The van der Waals surface area contributed by atoms with E-state index in [1.165, 1.54) is 6.07 Å². The quantitative estimate of drug-likeness (QED) is 0.278. The Bertz CT molecular complexity index is 1130. The number of benzene rings is 2.